The summed E-state index contributed by atoms with van der Waals surface area (Å²) in [5.74, 6) is 0. The van der Waals surface area contributed by atoms with Gasteiger partial charge in [-0.1, -0.05) is 0 Å². The molecule has 0 aromatic heterocycles. The van der Waals surface area contributed by atoms with E-state index in [1.54, 1.807) is 12.1 Å². The Kier molecular flexibility index (Phi) is 2.19. The molecule has 0 bridgehead atoms. The summed E-state index contributed by atoms with van der Waals surface area (Å²) >= 11 is 0. The highest BCUT2D eigenvalue weighted by Gasteiger charge is 2.28. The van der Waals surface area contributed by atoms with Gasteiger partial charge in [-0.25, -0.2) is 13.1 Å². The monoisotopic (exact) mass is 238 g/mol. The average Bonchev–Trinajstić information content (AvgIpc) is 2.93. The molecule has 1 heterocycles. The van der Waals surface area contributed by atoms with Crippen molar-refractivity contribution in [1.82, 2.24) is 4.72 Å². The maximum absolute atomic E-state index is 12.0. The van der Waals surface area contributed by atoms with Gasteiger partial charge in [-0.05, 0) is 43.0 Å². The van der Waals surface area contributed by atoms with Gasteiger partial charge in [-0.2, -0.15) is 0 Å². The fourth-order valence-corrected chi connectivity index (χ4v) is 3.29. The van der Waals surface area contributed by atoms with Crippen LogP contribution < -0.4 is 10.0 Å². The van der Waals surface area contributed by atoms with Crippen molar-refractivity contribution in [3.05, 3.63) is 23.8 Å². The van der Waals surface area contributed by atoms with E-state index in [9.17, 15) is 8.42 Å². The molecular formula is C11H14N2O2S. The number of rotatable bonds is 3. The Hall–Kier alpha value is -1.07. The van der Waals surface area contributed by atoms with Crippen molar-refractivity contribution in [3.63, 3.8) is 0 Å². The van der Waals surface area contributed by atoms with Crippen molar-refractivity contribution in [2.24, 2.45) is 0 Å². The van der Waals surface area contributed by atoms with Crippen molar-refractivity contribution in [2.75, 3.05) is 11.9 Å². The molecule has 1 aromatic carbocycles. The van der Waals surface area contributed by atoms with Crippen LogP contribution in [0.3, 0.4) is 0 Å². The highest BCUT2D eigenvalue weighted by molar-refractivity contribution is 7.89. The summed E-state index contributed by atoms with van der Waals surface area (Å²) in [5, 5.41) is 3.22. The minimum Gasteiger partial charge on any atom is -0.384 e. The van der Waals surface area contributed by atoms with Crippen molar-refractivity contribution < 1.29 is 8.42 Å². The van der Waals surface area contributed by atoms with Gasteiger partial charge in [-0.3, -0.25) is 0 Å². The maximum atomic E-state index is 12.0. The van der Waals surface area contributed by atoms with Gasteiger partial charge in [-0.15, -0.1) is 0 Å². The summed E-state index contributed by atoms with van der Waals surface area (Å²) in [6.07, 6.45) is 2.83. The largest absolute Gasteiger partial charge is 0.384 e. The van der Waals surface area contributed by atoms with Crippen LogP contribution in [0.5, 0.6) is 0 Å². The van der Waals surface area contributed by atoms with Crippen LogP contribution in [0.25, 0.3) is 0 Å². The Morgan fingerprint density at radius 3 is 2.88 bits per heavy atom. The molecule has 2 aliphatic rings. The predicted octanol–water partition coefficient (Wildman–Crippen LogP) is 1.10. The lowest BCUT2D eigenvalue weighted by Gasteiger charge is -2.07. The number of hydrogen-bond donors (Lipinski definition) is 2. The Labute approximate surface area is 95.1 Å². The van der Waals surface area contributed by atoms with Crippen LogP contribution in [-0.4, -0.2) is 21.0 Å². The van der Waals surface area contributed by atoms with E-state index in [1.807, 2.05) is 6.07 Å². The van der Waals surface area contributed by atoms with E-state index >= 15 is 0 Å². The van der Waals surface area contributed by atoms with Gasteiger partial charge < -0.3 is 5.32 Å². The molecule has 1 aliphatic heterocycles. The zero-order valence-electron chi connectivity index (χ0n) is 8.86. The summed E-state index contributed by atoms with van der Waals surface area (Å²) in [7, 11) is -3.30. The summed E-state index contributed by atoms with van der Waals surface area (Å²) in [6.45, 7) is 0.898. The first kappa shape index (κ1) is 10.1. The molecule has 1 aromatic rings. The first-order valence-electron chi connectivity index (χ1n) is 5.54. The van der Waals surface area contributed by atoms with Crippen molar-refractivity contribution >= 4 is 15.7 Å². The predicted molar refractivity (Wildman–Crippen MR) is 62.0 cm³/mol. The second-order valence-electron chi connectivity index (χ2n) is 4.39. The normalized spacial score (nSPS) is 19.2. The Morgan fingerprint density at radius 2 is 2.12 bits per heavy atom. The average molecular weight is 238 g/mol. The first-order chi connectivity index (χ1) is 7.65. The molecule has 0 saturated heterocycles. The van der Waals surface area contributed by atoms with Gasteiger partial charge in [0.05, 0.1) is 4.90 Å². The van der Waals surface area contributed by atoms with Crippen LogP contribution in [0, 0.1) is 0 Å². The second-order valence-corrected chi connectivity index (χ2v) is 6.11. The van der Waals surface area contributed by atoms with E-state index in [2.05, 4.69) is 10.0 Å². The molecule has 0 radical (unpaired) electrons. The Balaban J connectivity index is 1.93. The molecule has 0 spiro atoms. The molecule has 3 rings (SSSR count). The zero-order chi connectivity index (χ0) is 11.2. The Morgan fingerprint density at radius 1 is 1.31 bits per heavy atom. The van der Waals surface area contributed by atoms with Crippen LogP contribution in [0.4, 0.5) is 5.69 Å². The number of anilines is 1. The molecule has 0 amide bonds. The smallest absolute Gasteiger partial charge is 0.240 e. The standard InChI is InChI=1S/C11H14N2O2S/c14-16(15,13-9-1-2-9)10-3-4-11-8(7-10)5-6-12-11/h3-4,7,9,12-13H,1-2,5-6H2. The SMILES string of the molecule is O=S(=O)(NC1CC1)c1ccc2c(c1)CCN2. The molecule has 0 unspecified atom stereocenters. The lowest BCUT2D eigenvalue weighted by molar-refractivity contribution is 0.581. The van der Waals surface area contributed by atoms with Crippen molar-refractivity contribution in [3.8, 4) is 0 Å². The van der Waals surface area contributed by atoms with Crippen LogP contribution >= 0.6 is 0 Å². The summed E-state index contributed by atoms with van der Waals surface area (Å²) in [6, 6.07) is 5.46. The molecular weight excluding hydrogens is 224 g/mol. The maximum Gasteiger partial charge on any atom is 0.240 e. The Bertz CT molecular complexity index is 521. The number of hydrogen-bond acceptors (Lipinski definition) is 3. The van der Waals surface area contributed by atoms with Crippen LogP contribution in [-0.2, 0) is 16.4 Å². The van der Waals surface area contributed by atoms with Crippen LogP contribution in [0.2, 0.25) is 0 Å². The van der Waals surface area contributed by atoms with Crippen molar-refractivity contribution in [2.45, 2.75) is 30.2 Å². The van der Waals surface area contributed by atoms with Crippen molar-refractivity contribution in [1.29, 1.82) is 0 Å². The molecule has 1 saturated carbocycles. The minimum absolute atomic E-state index is 0.163. The second kappa shape index (κ2) is 3.46. The number of benzene rings is 1. The summed E-state index contributed by atoms with van der Waals surface area (Å²) in [5.41, 5.74) is 2.16. The van der Waals surface area contributed by atoms with E-state index in [1.165, 1.54) is 0 Å². The van der Waals surface area contributed by atoms with Gasteiger partial charge in [0.1, 0.15) is 0 Å². The quantitative estimate of drug-likeness (QED) is 0.829. The first-order valence-corrected chi connectivity index (χ1v) is 7.03. The third kappa shape index (κ3) is 1.81. The highest BCUT2D eigenvalue weighted by atomic mass is 32.2. The topological polar surface area (TPSA) is 58.2 Å². The third-order valence-corrected chi connectivity index (χ3v) is 4.51. The molecule has 1 aliphatic carbocycles. The fourth-order valence-electron chi connectivity index (χ4n) is 1.94. The van der Waals surface area contributed by atoms with E-state index in [0.717, 1.165) is 37.1 Å². The molecule has 5 heteroatoms. The summed E-state index contributed by atoms with van der Waals surface area (Å²) in [4.78, 5) is 0.391. The zero-order valence-corrected chi connectivity index (χ0v) is 9.68. The van der Waals surface area contributed by atoms with Gasteiger partial charge in [0.2, 0.25) is 10.0 Å². The summed E-state index contributed by atoms with van der Waals surface area (Å²) < 4.78 is 26.6. The molecule has 1 fully saturated rings. The van der Waals surface area contributed by atoms with Gasteiger partial charge in [0, 0.05) is 18.3 Å². The minimum atomic E-state index is -3.30. The number of fused-ring (bicyclic) bond motifs is 1. The van der Waals surface area contributed by atoms with Gasteiger partial charge >= 0.3 is 0 Å². The van der Waals surface area contributed by atoms with Gasteiger partial charge in [0.25, 0.3) is 0 Å². The number of sulfonamides is 1. The third-order valence-electron chi connectivity index (χ3n) is 3.00. The lowest BCUT2D eigenvalue weighted by atomic mass is 10.2. The van der Waals surface area contributed by atoms with E-state index < -0.39 is 10.0 Å². The fraction of sp³-hybridized carbons (Fsp3) is 0.455. The van der Waals surface area contributed by atoms with Crippen LogP contribution in [0.15, 0.2) is 23.1 Å². The van der Waals surface area contributed by atoms with E-state index in [4.69, 9.17) is 0 Å². The molecule has 4 nitrogen and oxygen atoms in total. The van der Waals surface area contributed by atoms with Gasteiger partial charge in [0.15, 0.2) is 0 Å². The number of nitrogens with one attached hydrogen (secondary N) is 2. The molecule has 0 atom stereocenters. The lowest BCUT2D eigenvalue weighted by Crippen LogP contribution is -2.25. The highest BCUT2D eigenvalue weighted by Crippen LogP contribution is 2.27. The van der Waals surface area contributed by atoms with Crippen LogP contribution in [0.1, 0.15) is 18.4 Å². The van der Waals surface area contributed by atoms with E-state index in [-0.39, 0.29) is 6.04 Å². The molecule has 2 N–H and O–H groups in total. The molecule has 86 valence electrons. The van der Waals surface area contributed by atoms with E-state index in [0.29, 0.717) is 4.90 Å². The molecule has 16 heavy (non-hydrogen) atoms.